The number of nitrogens with one attached hydrogen (secondary N) is 1. The van der Waals surface area contributed by atoms with Gasteiger partial charge in [-0.05, 0) is 36.7 Å². The first-order chi connectivity index (χ1) is 9.20. The molecule has 0 atom stereocenters. The molecule has 0 aliphatic carbocycles. The van der Waals surface area contributed by atoms with E-state index in [0.717, 1.165) is 17.1 Å². The fourth-order valence-corrected chi connectivity index (χ4v) is 2.01. The first-order valence-corrected chi connectivity index (χ1v) is 6.37. The van der Waals surface area contributed by atoms with Gasteiger partial charge in [-0.2, -0.15) is 0 Å². The third kappa shape index (κ3) is 3.37. The van der Waals surface area contributed by atoms with E-state index in [1.54, 1.807) is 19.1 Å². The third-order valence-electron chi connectivity index (χ3n) is 2.31. The summed E-state index contributed by atoms with van der Waals surface area (Å²) in [5, 5.41) is 6.60. The minimum absolute atomic E-state index is 0.212. The van der Waals surface area contributed by atoms with Crippen LogP contribution in [0, 0.1) is 18.8 Å². The van der Waals surface area contributed by atoms with Gasteiger partial charge in [0.2, 0.25) is 0 Å². The van der Waals surface area contributed by atoms with Gasteiger partial charge in [-0.1, -0.05) is 22.4 Å². The number of nitrogens with two attached hydrogens (primary N) is 1. The molecule has 0 spiro atoms. The molecule has 1 aromatic heterocycles. The van der Waals surface area contributed by atoms with Crippen molar-refractivity contribution < 1.29 is 4.79 Å². The van der Waals surface area contributed by atoms with Gasteiger partial charge < -0.3 is 11.1 Å². The van der Waals surface area contributed by atoms with Gasteiger partial charge in [0.25, 0.3) is 5.91 Å². The number of benzene rings is 1. The Labute approximate surface area is 115 Å². The molecule has 19 heavy (non-hydrogen) atoms. The van der Waals surface area contributed by atoms with Crippen LogP contribution in [-0.4, -0.2) is 22.0 Å². The standard InChI is InChI=1S/C13H12N4OS/c1-9-12(19-17-16-9)13(18)15-11-6-2-4-10(8-11)5-3-7-14/h2,4,6,8H,7,14H2,1H3,(H,15,18). The van der Waals surface area contributed by atoms with Crippen LogP contribution in [0.2, 0.25) is 0 Å². The molecule has 0 radical (unpaired) electrons. The topological polar surface area (TPSA) is 80.9 Å². The third-order valence-corrected chi connectivity index (χ3v) is 3.14. The Morgan fingerprint density at radius 1 is 1.53 bits per heavy atom. The first kappa shape index (κ1) is 13.2. The Morgan fingerprint density at radius 2 is 2.37 bits per heavy atom. The quantitative estimate of drug-likeness (QED) is 0.810. The summed E-state index contributed by atoms with van der Waals surface area (Å²) in [6.45, 7) is 2.06. The van der Waals surface area contributed by atoms with Crippen molar-refractivity contribution in [1.82, 2.24) is 9.59 Å². The van der Waals surface area contributed by atoms with Gasteiger partial charge in [0, 0.05) is 11.3 Å². The van der Waals surface area contributed by atoms with Gasteiger partial charge in [-0.15, -0.1) is 5.10 Å². The Bertz CT molecular complexity index is 654. The molecule has 1 amide bonds. The average Bonchev–Trinajstić information content (AvgIpc) is 2.83. The number of amides is 1. The molecule has 2 rings (SSSR count). The maximum atomic E-state index is 12.0. The Balaban J connectivity index is 2.15. The molecule has 2 aromatic rings. The molecule has 0 bridgehead atoms. The minimum Gasteiger partial charge on any atom is -0.321 e. The van der Waals surface area contributed by atoms with Crippen LogP contribution in [0.1, 0.15) is 20.9 Å². The summed E-state index contributed by atoms with van der Waals surface area (Å²) in [5.41, 5.74) is 7.44. The highest BCUT2D eigenvalue weighted by molar-refractivity contribution is 7.08. The van der Waals surface area contributed by atoms with E-state index in [9.17, 15) is 4.79 Å². The van der Waals surface area contributed by atoms with Crippen LogP contribution >= 0.6 is 11.5 Å². The second-order valence-electron chi connectivity index (χ2n) is 3.73. The highest BCUT2D eigenvalue weighted by Gasteiger charge is 2.13. The average molecular weight is 272 g/mol. The summed E-state index contributed by atoms with van der Waals surface area (Å²) in [6, 6.07) is 7.28. The van der Waals surface area contributed by atoms with Gasteiger partial charge in [-0.25, -0.2) is 0 Å². The predicted molar refractivity (Wildman–Crippen MR) is 75.0 cm³/mol. The normalized spacial score (nSPS) is 9.58. The Hall–Kier alpha value is -2.23. The van der Waals surface area contributed by atoms with Gasteiger partial charge in [0.15, 0.2) is 0 Å². The number of rotatable bonds is 2. The maximum Gasteiger partial charge on any atom is 0.269 e. The number of hydrogen-bond donors (Lipinski definition) is 2. The molecule has 5 nitrogen and oxygen atoms in total. The summed E-state index contributed by atoms with van der Waals surface area (Å²) >= 11 is 1.08. The fraction of sp³-hybridized carbons (Fsp3) is 0.154. The van der Waals surface area contributed by atoms with Crippen LogP contribution in [-0.2, 0) is 0 Å². The summed E-state index contributed by atoms with van der Waals surface area (Å²) in [7, 11) is 0. The van der Waals surface area contributed by atoms with Crippen molar-refractivity contribution in [2.45, 2.75) is 6.92 Å². The van der Waals surface area contributed by atoms with Crippen molar-refractivity contribution >= 4 is 23.1 Å². The Morgan fingerprint density at radius 3 is 3.05 bits per heavy atom. The molecule has 0 aliphatic rings. The lowest BCUT2D eigenvalue weighted by Gasteiger charge is -2.03. The van der Waals surface area contributed by atoms with Crippen molar-refractivity contribution in [2.24, 2.45) is 5.73 Å². The molecule has 0 aliphatic heterocycles. The van der Waals surface area contributed by atoms with Gasteiger partial charge in [0.05, 0.1) is 12.2 Å². The zero-order chi connectivity index (χ0) is 13.7. The number of hydrogen-bond acceptors (Lipinski definition) is 5. The van der Waals surface area contributed by atoms with E-state index in [0.29, 0.717) is 22.8 Å². The lowest BCUT2D eigenvalue weighted by Crippen LogP contribution is -2.11. The van der Waals surface area contributed by atoms with Crippen molar-refractivity contribution in [1.29, 1.82) is 0 Å². The van der Waals surface area contributed by atoms with Crippen molar-refractivity contribution in [3.05, 3.63) is 40.4 Å². The number of carbonyl (C=O) groups is 1. The molecule has 96 valence electrons. The lowest BCUT2D eigenvalue weighted by molar-refractivity contribution is 0.103. The maximum absolute atomic E-state index is 12.0. The van der Waals surface area contributed by atoms with E-state index in [-0.39, 0.29) is 5.91 Å². The molecule has 0 saturated heterocycles. The minimum atomic E-state index is -0.212. The van der Waals surface area contributed by atoms with Crippen LogP contribution in [0.5, 0.6) is 0 Å². The van der Waals surface area contributed by atoms with Crippen LogP contribution in [0.25, 0.3) is 0 Å². The highest BCUT2D eigenvalue weighted by atomic mass is 32.1. The van der Waals surface area contributed by atoms with Crippen LogP contribution in [0.3, 0.4) is 0 Å². The van der Waals surface area contributed by atoms with Crippen LogP contribution in [0.15, 0.2) is 24.3 Å². The first-order valence-electron chi connectivity index (χ1n) is 5.60. The summed E-state index contributed by atoms with van der Waals surface area (Å²) in [6.07, 6.45) is 0. The van der Waals surface area contributed by atoms with E-state index < -0.39 is 0 Å². The molecule has 1 heterocycles. The summed E-state index contributed by atoms with van der Waals surface area (Å²) in [4.78, 5) is 12.5. The monoisotopic (exact) mass is 272 g/mol. The van der Waals surface area contributed by atoms with Crippen molar-refractivity contribution in [3.63, 3.8) is 0 Å². The molecule has 0 fully saturated rings. The molecule has 6 heteroatoms. The molecule has 1 aromatic carbocycles. The van der Waals surface area contributed by atoms with E-state index in [1.165, 1.54) is 0 Å². The fourth-order valence-electron chi connectivity index (χ4n) is 1.46. The van der Waals surface area contributed by atoms with E-state index in [4.69, 9.17) is 5.73 Å². The number of aryl methyl sites for hydroxylation is 1. The predicted octanol–water partition coefficient (Wildman–Crippen LogP) is 1.41. The molecule has 3 N–H and O–H groups in total. The zero-order valence-corrected chi connectivity index (χ0v) is 11.1. The molecular weight excluding hydrogens is 260 g/mol. The highest BCUT2D eigenvalue weighted by Crippen LogP contribution is 2.14. The zero-order valence-electron chi connectivity index (χ0n) is 10.3. The summed E-state index contributed by atoms with van der Waals surface area (Å²) < 4.78 is 3.74. The van der Waals surface area contributed by atoms with E-state index >= 15 is 0 Å². The van der Waals surface area contributed by atoms with E-state index in [2.05, 4.69) is 26.7 Å². The van der Waals surface area contributed by atoms with Crippen LogP contribution in [0.4, 0.5) is 5.69 Å². The van der Waals surface area contributed by atoms with Crippen molar-refractivity contribution in [3.8, 4) is 11.8 Å². The largest absolute Gasteiger partial charge is 0.321 e. The second-order valence-corrected chi connectivity index (χ2v) is 4.48. The molecule has 0 unspecified atom stereocenters. The number of aromatic nitrogens is 2. The van der Waals surface area contributed by atoms with Gasteiger partial charge in [0.1, 0.15) is 4.88 Å². The number of nitrogens with zero attached hydrogens (tertiary/aromatic N) is 2. The Kier molecular flexibility index (Phi) is 4.23. The van der Waals surface area contributed by atoms with Crippen LogP contribution < -0.4 is 11.1 Å². The summed E-state index contributed by atoms with van der Waals surface area (Å²) in [5.74, 6) is 5.47. The van der Waals surface area contributed by atoms with E-state index in [1.807, 2.05) is 12.1 Å². The smallest absolute Gasteiger partial charge is 0.269 e. The number of anilines is 1. The van der Waals surface area contributed by atoms with Gasteiger partial charge in [-0.3, -0.25) is 4.79 Å². The number of carbonyl (C=O) groups excluding carboxylic acids is 1. The lowest BCUT2D eigenvalue weighted by atomic mass is 10.2. The van der Waals surface area contributed by atoms with Crippen molar-refractivity contribution in [2.75, 3.05) is 11.9 Å². The molecular formula is C13H12N4OS. The van der Waals surface area contributed by atoms with Gasteiger partial charge >= 0.3 is 0 Å². The molecule has 0 saturated carbocycles. The second kappa shape index (κ2) is 6.09. The SMILES string of the molecule is Cc1nnsc1C(=O)Nc1cccc(C#CCN)c1.